The smallest absolute Gasteiger partial charge is 0.151 e. The Morgan fingerprint density at radius 2 is 2.00 bits per heavy atom. The van der Waals surface area contributed by atoms with Gasteiger partial charge in [-0.05, 0) is 12.3 Å². The van der Waals surface area contributed by atoms with E-state index in [4.69, 9.17) is 0 Å². The second-order valence-corrected chi connectivity index (χ2v) is 8.55. The van der Waals surface area contributed by atoms with Crippen LogP contribution < -0.4 is 5.32 Å². The van der Waals surface area contributed by atoms with Gasteiger partial charge in [-0.2, -0.15) is 0 Å². The molecule has 0 saturated carbocycles. The zero-order valence-corrected chi connectivity index (χ0v) is 14.4. The first kappa shape index (κ1) is 17.9. The van der Waals surface area contributed by atoms with Crippen molar-refractivity contribution >= 4 is 9.84 Å². The fourth-order valence-corrected chi connectivity index (χ4v) is 3.64. The Balaban J connectivity index is 2.63. The first-order chi connectivity index (χ1) is 9.43. The van der Waals surface area contributed by atoms with Crippen LogP contribution in [0.4, 0.5) is 0 Å². The molecule has 120 valence electrons. The van der Waals surface area contributed by atoms with Crippen molar-refractivity contribution in [2.75, 3.05) is 31.1 Å². The summed E-state index contributed by atoms with van der Waals surface area (Å²) in [6.07, 6.45) is 3.46. The van der Waals surface area contributed by atoms with E-state index < -0.39 is 9.84 Å². The van der Waals surface area contributed by atoms with Crippen molar-refractivity contribution < 1.29 is 8.42 Å². The predicted octanol–water partition coefficient (Wildman–Crippen LogP) is 1.91. The summed E-state index contributed by atoms with van der Waals surface area (Å²) in [5.41, 5.74) is 0. The first-order valence-corrected chi connectivity index (χ1v) is 9.93. The fraction of sp³-hybridized carbons (Fsp3) is 1.00. The monoisotopic (exact) mass is 304 g/mol. The maximum Gasteiger partial charge on any atom is 0.151 e. The summed E-state index contributed by atoms with van der Waals surface area (Å²) in [5.74, 6) is 1.20. The molecule has 3 unspecified atom stereocenters. The summed E-state index contributed by atoms with van der Waals surface area (Å²) in [6, 6.07) is 0.991. The number of sulfone groups is 1. The molecule has 0 spiro atoms. The quantitative estimate of drug-likeness (QED) is 0.744. The summed E-state index contributed by atoms with van der Waals surface area (Å²) < 4.78 is 23.5. The highest BCUT2D eigenvalue weighted by Crippen LogP contribution is 2.18. The van der Waals surface area contributed by atoms with Gasteiger partial charge in [0.05, 0.1) is 5.75 Å². The lowest BCUT2D eigenvalue weighted by Crippen LogP contribution is -2.59. The Morgan fingerprint density at radius 3 is 2.55 bits per heavy atom. The van der Waals surface area contributed by atoms with Crippen molar-refractivity contribution in [3.05, 3.63) is 0 Å². The van der Waals surface area contributed by atoms with E-state index in [2.05, 4.69) is 31.0 Å². The Morgan fingerprint density at radius 1 is 1.30 bits per heavy atom. The van der Waals surface area contributed by atoms with Gasteiger partial charge in [-0.15, -0.1) is 0 Å². The van der Waals surface area contributed by atoms with Crippen LogP contribution in [0.15, 0.2) is 0 Å². The number of nitrogens with one attached hydrogen (secondary N) is 1. The molecular formula is C15H32N2O2S. The summed E-state index contributed by atoms with van der Waals surface area (Å²) >= 11 is 0. The molecule has 1 heterocycles. The summed E-state index contributed by atoms with van der Waals surface area (Å²) in [7, 11) is -2.86. The van der Waals surface area contributed by atoms with E-state index in [-0.39, 0.29) is 5.75 Å². The normalized spacial score (nSPS) is 26.6. The van der Waals surface area contributed by atoms with E-state index in [0.29, 0.717) is 30.3 Å². The van der Waals surface area contributed by atoms with Crippen LogP contribution in [0.3, 0.4) is 0 Å². The lowest BCUT2D eigenvalue weighted by molar-refractivity contribution is 0.109. The van der Waals surface area contributed by atoms with Crippen molar-refractivity contribution in [2.45, 2.75) is 59.0 Å². The van der Waals surface area contributed by atoms with Crippen molar-refractivity contribution in [1.82, 2.24) is 10.2 Å². The van der Waals surface area contributed by atoms with Crippen LogP contribution >= 0.6 is 0 Å². The number of hydrogen-bond acceptors (Lipinski definition) is 4. The molecule has 0 bridgehead atoms. The Hall–Kier alpha value is -0.130. The second-order valence-electron chi connectivity index (χ2n) is 6.07. The molecule has 1 aliphatic rings. The van der Waals surface area contributed by atoms with Crippen LogP contribution in [0.25, 0.3) is 0 Å². The highest BCUT2D eigenvalue weighted by Gasteiger charge is 2.30. The van der Waals surface area contributed by atoms with Gasteiger partial charge in [-0.3, -0.25) is 4.90 Å². The fourth-order valence-electron chi connectivity index (χ4n) is 2.84. The topological polar surface area (TPSA) is 49.4 Å². The molecule has 1 fully saturated rings. The van der Waals surface area contributed by atoms with Gasteiger partial charge in [-0.25, -0.2) is 8.42 Å². The molecule has 3 atom stereocenters. The largest absolute Gasteiger partial charge is 0.311 e. The molecule has 0 amide bonds. The molecule has 0 aliphatic carbocycles. The zero-order chi connectivity index (χ0) is 15.2. The van der Waals surface area contributed by atoms with Gasteiger partial charge in [0.25, 0.3) is 0 Å². The molecule has 0 aromatic heterocycles. The molecule has 1 aliphatic heterocycles. The van der Waals surface area contributed by atoms with Gasteiger partial charge in [0.2, 0.25) is 0 Å². The van der Waals surface area contributed by atoms with Gasteiger partial charge in [0.1, 0.15) is 0 Å². The molecule has 1 rings (SSSR count). The minimum Gasteiger partial charge on any atom is -0.311 e. The van der Waals surface area contributed by atoms with Gasteiger partial charge < -0.3 is 5.32 Å². The van der Waals surface area contributed by atoms with Gasteiger partial charge >= 0.3 is 0 Å². The Bertz CT molecular complexity index is 370. The zero-order valence-electron chi connectivity index (χ0n) is 13.6. The molecule has 0 aromatic carbocycles. The van der Waals surface area contributed by atoms with Gasteiger partial charge in [0, 0.05) is 37.5 Å². The minimum atomic E-state index is -2.86. The first-order valence-electron chi connectivity index (χ1n) is 8.11. The van der Waals surface area contributed by atoms with Crippen LogP contribution in [0.5, 0.6) is 0 Å². The number of piperazine rings is 1. The Kier molecular flexibility index (Phi) is 7.48. The van der Waals surface area contributed by atoms with E-state index in [1.54, 1.807) is 6.92 Å². The molecular weight excluding hydrogens is 272 g/mol. The van der Waals surface area contributed by atoms with E-state index in [0.717, 1.165) is 32.4 Å². The van der Waals surface area contributed by atoms with Gasteiger partial charge in [0.15, 0.2) is 9.84 Å². The third-order valence-electron chi connectivity index (χ3n) is 4.65. The molecule has 1 saturated heterocycles. The highest BCUT2D eigenvalue weighted by atomic mass is 32.2. The maximum atomic E-state index is 11.7. The standard InChI is InChI=1S/C15H32N2O2S/c1-5-8-14-11-16-15(13(4)6-2)12-17(14)9-10-20(18,19)7-3/h13-16H,5-12H2,1-4H3. The molecule has 20 heavy (non-hydrogen) atoms. The van der Waals surface area contributed by atoms with Crippen LogP contribution in [0.2, 0.25) is 0 Å². The van der Waals surface area contributed by atoms with Crippen molar-refractivity contribution in [3.8, 4) is 0 Å². The average molecular weight is 305 g/mol. The summed E-state index contributed by atoms with van der Waals surface area (Å²) in [6.45, 7) is 11.1. The van der Waals surface area contributed by atoms with Gasteiger partial charge in [-0.1, -0.05) is 40.5 Å². The Labute approximate surface area is 125 Å². The highest BCUT2D eigenvalue weighted by molar-refractivity contribution is 7.91. The van der Waals surface area contributed by atoms with Crippen LogP contribution in [0.1, 0.15) is 47.0 Å². The number of rotatable bonds is 8. The predicted molar refractivity (Wildman–Crippen MR) is 85.8 cm³/mol. The molecule has 0 radical (unpaired) electrons. The second kappa shape index (κ2) is 8.35. The lowest BCUT2D eigenvalue weighted by Gasteiger charge is -2.42. The van der Waals surface area contributed by atoms with E-state index >= 15 is 0 Å². The summed E-state index contributed by atoms with van der Waals surface area (Å²) in [5, 5.41) is 3.65. The number of hydrogen-bond donors (Lipinski definition) is 1. The lowest BCUT2D eigenvalue weighted by atomic mass is 9.94. The average Bonchev–Trinajstić information content (AvgIpc) is 2.45. The SMILES string of the molecule is CCCC1CNC(C(C)CC)CN1CCS(=O)(=O)CC. The number of nitrogens with zero attached hydrogens (tertiary/aromatic N) is 1. The molecule has 5 heteroatoms. The van der Waals surface area contributed by atoms with Crippen LogP contribution in [-0.2, 0) is 9.84 Å². The third-order valence-corrected chi connectivity index (χ3v) is 6.33. The molecule has 1 N–H and O–H groups in total. The van der Waals surface area contributed by atoms with Crippen molar-refractivity contribution in [3.63, 3.8) is 0 Å². The van der Waals surface area contributed by atoms with Crippen LogP contribution in [0, 0.1) is 5.92 Å². The summed E-state index contributed by atoms with van der Waals surface area (Å²) in [4.78, 5) is 2.41. The van der Waals surface area contributed by atoms with Crippen molar-refractivity contribution in [1.29, 1.82) is 0 Å². The van der Waals surface area contributed by atoms with E-state index in [1.807, 2.05) is 0 Å². The van der Waals surface area contributed by atoms with E-state index in [1.165, 1.54) is 0 Å². The van der Waals surface area contributed by atoms with Crippen LogP contribution in [-0.4, -0.2) is 56.5 Å². The minimum absolute atomic E-state index is 0.256. The molecule has 4 nitrogen and oxygen atoms in total. The van der Waals surface area contributed by atoms with Crippen molar-refractivity contribution in [2.24, 2.45) is 5.92 Å². The van der Waals surface area contributed by atoms with E-state index in [9.17, 15) is 8.42 Å². The molecule has 0 aromatic rings. The maximum absolute atomic E-state index is 11.7. The third kappa shape index (κ3) is 5.34.